The van der Waals surface area contributed by atoms with E-state index < -0.39 is 15.8 Å². The normalized spacial score (nSPS) is 25.5. The molecule has 1 rings (SSSR count). The Labute approximate surface area is 89.1 Å². The van der Waals surface area contributed by atoms with Gasteiger partial charge in [0.05, 0.1) is 11.5 Å². The second-order valence-corrected chi connectivity index (χ2v) is 5.83. The largest absolute Gasteiger partial charge is 0.478 e. The first-order valence-corrected chi connectivity index (χ1v) is 6.65. The van der Waals surface area contributed by atoms with Crippen LogP contribution < -0.4 is 5.32 Å². The summed E-state index contributed by atoms with van der Waals surface area (Å²) in [5.74, 6) is -0.558. The molecule has 0 aromatic rings. The van der Waals surface area contributed by atoms with Crippen molar-refractivity contribution < 1.29 is 18.3 Å². The lowest BCUT2D eigenvalue weighted by atomic mass is 10.2. The van der Waals surface area contributed by atoms with E-state index in [0.717, 1.165) is 12.5 Å². The molecule has 0 aromatic carbocycles. The molecule has 0 spiro atoms. The molecule has 1 fully saturated rings. The van der Waals surface area contributed by atoms with Gasteiger partial charge in [-0.1, -0.05) is 6.08 Å². The maximum Gasteiger partial charge on any atom is 0.328 e. The van der Waals surface area contributed by atoms with E-state index in [1.807, 2.05) is 0 Å². The Morgan fingerprint density at radius 2 is 2.27 bits per heavy atom. The van der Waals surface area contributed by atoms with Crippen molar-refractivity contribution in [1.82, 2.24) is 5.32 Å². The Bertz CT molecular complexity index is 347. The molecule has 0 amide bonds. The molecular formula is C9H15NO4S. The van der Waals surface area contributed by atoms with E-state index in [1.54, 1.807) is 0 Å². The minimum atomic E-state index is -2.89. The number of carboxylic acid groups (broad SMARTS) is 1. The van der Waals surface area contributed by atoms with Gasteiger partial charge in [-0.05, 0) is 12.8 Å². The Kier molecular flexibility index (Phi) is 4.28. The first-order chi connectivity index (χ1) is 6.99. The summed E-state index contributed by atoms with van der Waals surface area (Å²) in [5.41, 5.74) is 0. The van der Waals surface area contributed by atoms with Crippen LogP contribution in [-0.2, 0) is 14.6 Å². The average molecular weight is 233 g/mol. The summed E-state index contributed by atoms with van der Waals surface area (Å²) in [7, 11) is -2.89. The summed E-state index contributed by atoms with van der Waals surface area (Å²) < 4.78 is 22.5. The lowest BCUT2D eigenvalue weighted by molar-refractivity contribution is -0.131. The molecule has 1 atom stereocenters. The number of hydrogen-bond donors (Lipinski definition) is 2. The topological polar surface area (TPSA) is 83.5 Å². The lowest BCUT2D eigenvalue weighted by Crippen LogP contribution is -2.40. The Morgan fingerprint density at radius 3 is 2.87 bits per heavy atom. The van der Waals surface area contributed by atoms with Crippen LogP contribution in [0.15, 0.2) is 12.2 Å². The van der Waals surface area contributed by atoms with Gasteiger partial charge < -0.3 is 10.4 Å². The molecule has 1 aliphatic heterocycles. The Balaban J connectivity index is 2.30. The fraction of sp³-hybridized carbons (Fsp3) is 0.667. The molecule has 1 aliphatic rings. The SMILES string of the molecule is O=C(O)/C=C/CNC1CCCS(=O)(=O)C1. The summed E-state index contributed by atoms with van der Waals surface area (Å²) >= 11 is 0. The number of carboxylic acids is 1. The highest BCUT2D eigenvalue weighted by atomic mass is 32.2. The van der Waals surface area contributed by atoms with Gasteiger partial charge in [-0.3, -0.25) is 0 Å². The van der Waals surface area contributed by atoms with Crippen LogP contribution in [0.2, 0.25) is 0 Å². The van der Waals surface area contributed by atoms with Crippen molar-refractivity contribution in [2.45, 2.75) is 18.9 Å². The number of hydrogen-bond acceptors (Lipinski definition) is 4. The van der Waals surface area contributed by atoms with Crippen molar-refractivity contribution in [1.29, 1.82) is 0 Å². The zero-order valence-electron chi connectivity index (χ0n) is 8.35. The van der Waals surface area contributed by atoms with Crippen molar-refractivity contribution in [2.75, 3.05) is 18.1 Å². The van der Waals surface area contributed by atoms with Crippen LogP contribution in [-0.4, -0.2) is 43.6 Å². The number of rotatable bonds is 4. The van der Waals surface area contributed by atoms with Crippen molar-refractivity contribution in [3.63, 3.8) is 0 Å². The highest BCUT2D eigenvalue weighted by Gasteiger charge is 2.23. The summed E-state index contributed by atoms with van der Waals surface area (Å²) in [6.45, 7) is 0.395. The first kappa shape index (κ1) is 12.2. The molecule has 1 saturated heterocycles. The molecule has 0 bridgehead atoms. The summed E-state index contributed by atoms with van der Waals surface area (Å²) in [6.07, 6.45) is 4.04. The van der Waals surface area contributed by atoms with Gasteiger partial charge in [0.1, 0.15) is 0 Å². The molecule has 0 aliphatic carbocycles. The maximum atomic E-state index is 11.2. The van der Waals surface area contributed by atoms with Crippen LogP contribution in [0, 0.1) is 0 Å². The number of nitrogens with one attached hydrogen (secondary N) is 1. The highest BCUT2D eigenvalue weighted by molar-refractivity contribution is 7.91. The van der Waals surface area contributed by atoms with Crippen LogP contribution in [0.5, 0.6) is 0 Å². The quantitative estimate of drug-likeness (QED) is 0.657. The number of sulfone groups is 1. The van der Waals surface area contributed by atoms with Gasteiger partial charge in [-0.15, -0.1) is 0 Å². The van der Waals surface area contributed by atoms with Gasteiger partial charge in [0, 0.05) is 18.7 Å². The fourth-order valence-corrected chi connectivity index (χ4v) is 3.25. The zero-order chi connectivity index (χ0) is 11.3. The van der Waals surface area contributed by atoms with Crippen molar-refractivity contribution in [3.8, 4) is 0 Å². The van der Waals surface area contributed by atoms with E-state index in [9.17, 15) is 13.2 Å². The van der Waals surface area contributed by atoms with E-state index >= 15 is 0 Å². The minimum absolute atomic E-state index is 0.0396. The van der Waals surface area contributed by atoms with Crippen LogP contribution >= 0.6 is 0 Å². The predicted molar refractivity (Wildman–Crippen MR) is 56.5 cm³/mol. The standard InChI is InChI=1S/C9H15NO4S/c11-9(12)4-1-5-10-8-3-2-6-15(13,14)7-8/h1,4,8,10H,2-3,5-7H2,(H,11,12)/b4-1+. The fourth-order valence-electron chi connectivity index (χ4n) is 1.58. The summed E-state index contributed by atoms with van der Waals surface area (Å²) in [6, 6.07) is -0.0396. The molecule has 0 radical (unpaired) electrons. The number of carbonyl (C=O) groups is 1. The average Bonchev–Trinajstić information content (AvgIpc) is 2.10. The highest BCUT2D eigenvalue weighted by Crippen LogP contribution is 2.11. The van der Waals surface area contributed by atoms with E-state index in [2.05, 4.69) is 5.32 Å². The molecule has 6 heteroatoms. The summed E-state index contributed by atoms with van der Waals surface area (Å²) in [4.78, 5) is 10.1. The van der Waals surface area contributed by atoms with Gasteiger partial charge in [0.25, 0.3) is 0 Å². The van der Waals surface area contributed by atoms with Crippen molar-refractivity contribution in [3.05, 3.63) is 12.2 Å². The molecule has 86 valence electrons. The van der Waals surface area contributed by atoms with Gasteiger partial charge in [-0.2, -0.15) is 0 Å². The van der Waals surface area contributed by atoms with Crippen LogP contribution in [0.3, 0.4) is 0 Å². The van der Waals surface area contributed by atoms with Crippen molar-refractivity contribution in [2.24, 2.45) is 0 Å². The third kappa shape index (κ3) is 4.94. The molecule has 0 aromatic heterocycles. The van der Waals surface area contributed by atoms with Gasteiger partial charge >= 0.3 is 5.97 Å². The maximum absolute atomic E-state index is 11.2. The molecule has 1 unspecified atom stereocenters. The molecule has 15 heavy (non-hydrogen) atoms. The smallest absolute Gasteiger partial charge is 0.328 e. The third-order valence-corrected chi connectivity index (χ3v) is 4.07. The van der Waals surface area contributed by atoms with Crippen LogP contribution in [0.25, 0.3) is 0 Å². The third-order valence-electron chi connectivity index (χ3n) is 2.25. The minimum Gasteiger partial charge on any atom is -0.478 e. The lowest BCUT2D eigenvalue weighted by Gasteiger charge is -2.22. The van der Waals surface area contributed by atoms with Gasteiger partial charge in [-0.25, -0.2) is 13.2 Å². The van der Waals surface area contributed by atoms with E-state index in [4.69, 9.17) is 5.11 Å². The molecular weight excluding hydrogens is 218 g/mol. The monoisotopic (exact) mass is 233 g/mol. The van der Waals surface area contributed by atoms with E-state index in [-0.39, 0.29) is 17.5 Å². The van der Waals surface area contributed by atoms with Gasteiger partial charge in [0.2, 0.25) is 0 Å². The summed E-state index contributed by atoms with van der Waals surface area (Å²) in [5, 5.41) is 11.3. The second-order valence-electron chi connectivity index (χ2n) is 3.60. The molecule has 1 heterocycles. The zero-order valence-corrected chi connectivity index (χ0v) is 9.16. The van der Waals surface area contributed by atoms with Crippen LogP contribution in [0.1, 0.15) is 12.8 Å². The van der Waals surface area contributed by atoms with Crippen LogP contribution in [0.4, 0.5) is 0 Å². The molecule has 2 N–H and O–H groups in total. The van der Waals surface area contributed by atoms with Gasteiger partial charge in [0.15, 0.2) is 9.84 Å². The Morgan fingerprint density at radius 1 is 1.53 bits per heavy atom. The molecule has 0 saturated carbocycles. The number of aliphatic carboxylic acids is 1. The van der Waals surface area contributed by atoms with Crippen molar-refractivity contribution >= 4 is 15.8 Å². The predicted octanol–water partition coefficient (Wildman–Crippen LogP) is -0.206. The van der Waals surface area contributed by atoms with E-state index in [1.165, 1.54) is 6.08 Å². The van der Waals surface area contributed by atoms with E-state index in [0.29, 0.717) is 13.0 Å². The first-order valence-electron chi connectivity index (χ1n) is 4.83. The molecule has 5 nitrogen and oxygen atoms in total. The Hall–Kier alpha value is -0.880. The second kappa shape index (κ2) is 5.27.